The molecule has 0 aliphatic carbocycles. The highest BCUT2D eigenvalue weighted by molar-refractivity contribution is 6.42. The van der Waals surface area contributed by atoms with Gasteiger partial charge in [0.25, 0.3) is 0 Å². The zero-order valence-corrected chi connectivity index (χ0v) is 44.3. The highest BCUT2D eigenvalue weighted by atomic mass is 35.5. The molecule has 0 spiro atoms. The number of carbonyl (C=O) groups excluding carboxylic acids is 2. The molecule has 8 rings (SSSR count). The van der Waals surface area contributed by atoms with Crippen molar-refractivity contribution in [3.63, 3.8) is 0 Å². The van der Waals surface area contributed by atoms with Crippen molar-refractivity contribution in [3.05, 3.63) is 115 Å². The smallest absolute Gasteiger partial charge is 0.239 e. The standard InChI is InChI=1S/C27H34Cl2N2O3.C27H34Cl2N2O2.ClH/c1-18-10-13-30(14-11-18)12-4-5-19-15-21(7-9-24(19)34-3)31-25(32)17-27(2,26(31)33)20-6-8-22(28)23(29)16-20;1-19-10-14-30(15-11-19)13-4-5-20-17-22(7-9-25(20)33-3)31-16-12-27(2,26(31)32)21-6-8-23(28)24(29)18-21;/h6-9,15-16,18,25,32H,4-5,10-14,17H2,1-3H3;6-9,17-19H,4-5,10-16H2,1-3H3;1H. The summed E-state index contributed by atoms with van der Waals surface area (Å²) in [5.41, 5.74) is 3.99. The Bertz CT molecular complexity index is 2370. The van der Waals surface area contributed by atoms with E-state index in [0.717, 1.165) is 96.5 Å². The molecular weight excluding hydrogens is 962 g/mol. The van der Waals surface area contributed by atoms with Crippen molar-refractivity contribution in [1.29, 1.82) is 0 Å². The third-order valence-electron chi connectivity index (χ3n) is 15.0. The first-order valence-corrected chi connectivity index (χ1v) is 25.6. The van der Waals surface area contributed by atoms with Crippen molar-refractivity contribution >= 4 is 82.0 Å². The number of aliphatic hydroxyl groups is 1. The van der Waals surface area contributed by atoms with Crippen LogP contribution in [0.25, 0.3) is 0 Å². The second kappa shape index (κ2) is 23.8. The van der Waals surface area contributed by atoms with Crippen molar-refractivity contribution < 1.29 is 24.2 Å². The monoisotopic (exact) mass is 1030 g/mol. The van der Waals surface area contributed by atoms with Crippen LogP contribution in [0.4, 0.5) is 11.4 Å². The minimum Gasteiger partial charge on any atom is -0.496 e. The minimum absolute atomic E-state index is 0. The molecule has 4 heterocycles. The first kappa shape index (κ1) is 54.1. The van der Waals surface area contributed by atoms with E-state index in [2.05, 4.69) is 29.7 Å². The van der Waals surface area contributed by atoms with Crippen LogP contribution < -0.4 is 19.3 Å². The molecular formula is C54H69Cl5N4O5. The number of rotatable bonds is 14. The number of aryl methyl sites for hydroxylation is 2. The van der Waals surface area contributed by atoms with E-state index in [1.54, 1.807) is 32.4 Å². The Morgan fingerprint density at radius 3 is 1.53 bits per heavy atom. The summed E-state index contributed by atoms with van der Waals surface area (Å²) in [5, 5.41) is 12.8. The Kier molecular flexibility index (Phi) is 18.9. The van der Waals surface area contributed by atoms with Gasteiger partial charge in [0.2, 0.25) is 11.8 Å². The molecule has 4 aromatic carbocycles. The van der Waals surface area contributed by atoms with Crippen LogP contribution in [0.2, 0.25) is 20.1 Å². The van der Waals surface area contributed by atoms with Crippen LogP contribution in [-0.4, -0.2) is 93.0 Å². The molecule has 4 fully saturated rings. The van der Waals surface area contributed by atoms with Gasteiger partial charge in [-0.2, -0.15) is 0 Å². The van der Waals surface area contributed by atoms with Gasteiger partial charge < -0.3 is 29.3 Å². The topological polar surface area (TPSA) is 85.8 Å². The summed E-state index contributed by atoms with van der Waals surface area (Å²) in [7, 11) is 3.38. The second-order valence-electron chi connectivity index (χ2n) is 19.7. The predicted octanol–water partition coefficient (Wildman–Crippen LogP) is 12.5. The number of nitrogens with zero attached hydrogens (tertiary/aromatic N) is 4. The van der Waals surface area contributed by atoms with Gasteiger partial charge >= 0.3 is 0 Å². The number of ether oxygens (including phenoxy) is 2. The summed E-state index contributed by atoms with van der Waals surface area (Å²) in [6.07, 6.45) is 9.12. The van der Waals surface area contributed by atoms with E-state index in [1.165, 1.54) is 56.8 Å². The number of carbonyl (C=O) groups is 2. The van der Waals surface area contributed by atoms with Crippen molar-refractivity contribution in [3.8, 4) is 11.5 Å². The molecule has 9 nitrogen and oxygen atoms in total. The van der Waals surface area contributed by atoms with E-state index in [9.17, 15) is 14.7 Å². The molecule has 68 heavy (non-hydrogen) atoms. The zero-order chi connectivity index (χ0) is 48.0. The third-order valence-corrected chi connectivity index (χ3v) is 16.4. The van der Waals surface area contributed by atoms with Gasteiger partial charge in [-0.1, -0.05) is 72.4 Å². The molecule has 3 atom stereocenters. The average molecular weight is 1030 g/mol. The maximum Gasteiger partial charge on any atom is 0.239 e. The number of halogens is 5. The lowest BCUT2D eigenvalue weighted by Gasteiger charge is -2.30. The molecule has 14 heteroatoms. The maximum absolute atomic E-state index is 13.6. The third kappa shape index (κ3) is 12.3. The Hall–Kier alpha value is -3.25. The molecule has 1 N–H and O–H groups in total. The minimum atomic E-state index is -0.927. The van der Waals surface area contributed by atoms with E-state index >= 15 is 0 Å². The lowest BCUT2D eigenvalue weighted by atomic mass is 9.81. The molecule has 0 bridgehead atoms. The predicted molar refractivity (Wildman–Crippen MR) is 282 cm³/mol. The summed E-state index contributed by atoms with van der Waals surface area (Å²) in [5.74, 6) is 3.32. The van der Waals surface area contributed by atoms with E-state index in [4.69, 9.17) is 55.9 Å². The summed E-state index contributed by atoms with van der Waals surface area (Å²) in [6.45, 7) is 16.1. The normalized spacial score (nSPS) is 22.8. The lowest BCUT2D eigenvalue weighted by molar-refractivity contribution is -0.122. The number of anilines is 2. The fourth-order valence-electron chi connectivity index (χ4n) is 10.3. The van der Waals surface area contributed by atoms with Crippen molar-refractivity contribution in [2.45, 2.75) is 109 Å². The molecule has 4 aromatic rings. The first-order chi connectivity index (χ1) is 32.0. The molecule has 4 aliphatic heterocycles. The van der Waals surface area contributed by atoms with Gasteiger partial charge in [-0.25, -0.2) is 0 Å². The van der Waals surface area contributed by atoms with Gasteiger partial charge in [0.15, 0.2) is 0 Å². The van der Waals surface area contributed by atoms with Crippen LogP contribution in [0.3, 0.4) is 0 Å². The fraction of sp³-hybridized carbons (Fsp3) is 0.519. The molecule has 2 amide bonds. The number of hydrogen-bond acceptors (Lipinski definition) is 7. The summed E-state index contributed by atoms with van der Waals surface area (Å²) >= 11 is 24.6. The fourth-order valence-corrected chi connectivity index (χ4v) is 10.9. The summed E-state index contributed by atoms with van der Waals surface area (Å²) in [4.78, 5) is 35.7. The second-order valence-corrected chi connectivity index (χ2v) is 21.4. The van der Waals surface area contributed by atoms with E-state index in [0.29, 0.717) is 32.3 Å². The first-order valence-electron chi connectivity index (χ1n) is 24.1. The number of piperidine rings is 2. The summed E-state index contributed by atoms with van der Waals surface area (Å²) in [6, 6.07) is 22.6. The van der Waals surface area contributed by atoms with Gasteiger partial charge in [0.05, 0.1) is 45.1 Å². The van der Waals surface area contributed by atoms with Crippen LogP contribution in [0.15, 0.2) is 72.8 Å². The number of likely N-dealkylation sites (tertiary alicyclic amines) is 2. The van der Waals surface area contributed by atoms with Gasteiger partial charge in [-0.15, -0.1) is 12.4 Å². The highest BCUT2D eigenvalue weighted by Crippen LogP contribution is 2.44. The number of hydrogen-bond donors (Lipinski definition) is 1. The molecule has 4 saturated heterocycles. The quantitative estimate of drug-likeness (QED) is 0.135. The van der Waals surface area contributed by atoms with Crippen molar-refractivity contribution in [2.75, 3.05) is 69.8 Å². The van der Waals surface area contributed by atoms with Crippen LogP contribution in [0, 0.1) is 11.8 Å². The van der Waals surface area contributed by atoms with E-state index in [1.807, 2.05) is 67.3 Å². The lowest BCUT2D eigenvalue weighted by Crippen LogP contribution is -2.37. The maximum atomic E-state index is 13.6. The van der Waals surface area contributed by atoms with Crippen LogP contribution in [0.5, 0.6) is 11.5 Å². The summed E-state index contributed by atoms with van der Waals surface area (Å²) < 4.78 is 11.2. The van der Waals surface area contributed by atoms with Crippen molar-refractivity contribution in [2.24, 2.45) is 11.8 Å². The van der Waals surface area contributed by atoms with Gasteiger partial charge in [-0.05, 0) is 206 Å². The van der Waals surface area contributed by atoms with E-state index < -0.39 is 17.1 Å². The van der Waals surface area contributed by atoms with Crippen molar-refractivity contribution in [1.82, 2.24) is 9.80 Å². The average Bonchev–Trinajstić information content (AvgIpc) is 3.76. The SMILES string of the molecule is COc1ccc(N2C(=O)C(C)(c3ccc(Cl)c(Cl)c3)CC2O)cc1CCCN1CCC(C)CC1.COc1ccc(N2CCC(C)(c3ccc(Cl)c(Cl)c3)C2=O)cc1CCCN1CCC(C)CC1.Cl. The Balaban J connectivity index is 0.000000221. The number of benzene rings is 4. The van der Waals surface area contributed by atoms with Gasteiger partial charge in [0, 0.05) is 24.3 Å². The van der Waals surface area contributed by atoms with Gasteiger partial charge in [-0.3, -0.25) is 14.5 Å². The van der Waals surface area contributed by atoms with Crippen LogP contribution in [0.1, 0.15) is 101 Å². The molecule has 370 valence electrons. The number of aliphatic hydroxyl groups excluding tert-OH is 1. The Morgan fingerprint density at radius 2 is 1.06 bits per heavy atom. The van der Waals surface area contributed by atoms with Crippen LogP contribution in [-0.2, 0) is 33.3 Å². The molecule has 3 unspecified atom stereocenters. The number of amides is 2. The molecule has 0 saturated carbocycles. The van der Waals surface area contributed by atoms with Crippen LogP contribution >= 0.6 is 58.8 Å². The molecule has 0 radical (unpaired) electrons. The van der Waals surface area contributed by atoms with E-state index in [-0.39, 0.29) is 30.6 Å². The highest BCUT2D eigenvalue weighted by Gasteiger charge is 2.50. The Labute approximate surface area is 430 Å². The molecule has 0 aromatic heterocycles. The largest absolute Gasteiger partial charge is 0.496 e. The van der Waals surface area contributed by atoms with Gasteiger partial charge in [0.1, 0.15) is 17.7 Å². The Morgan fingerprint density at radius 1 is 0.603 bits per heavy atom. The zero-order valence-electron chi connectivity index (χ0n) is 40.5. The number of methoxy groups -OCH3 is 2. The molecule has 4 aliphatic rings.